The standard InChI is InChI=1S/C62H46N4.C7H10.C2H6/c1-41-17-11-12-28-51(41)46-22-15-24-48(35-46)57-39-53(47-23-16-25-49(36-47)62-64-58(42-18-5-2-6-19-42)40-59(65-62)43-20-7-3-8-21-43)54-37-44(31-33-56(54)63-57)45-32-34-61-55(38-45)52-29-13-14-30-60(52)66(61)50-26-9-4-10-27-50;1-7-5-3-2-4-6-7;1-2/h2-31,33-40,45,57,63H,32H2,1H3;3,5-6H,2,4H2,1H3;1-2H3. The van der Waals surface area contributed by atoms with Crippen LogP contribution in [0, 0.1) is 6.92 Å². The molecule has 4 nitrogen and oxygen atoms in total. The highest BCUT2D eigenvalue weighted by atomic mass is 15.0. The van der Waals surface area contributed by atoms with Crippen LogP contribution in [-0.2, 0) is 0 Å². The maximum Gasteiger partial charge on any atom is 0.160 e. The molecule has 0 amide bonds. The molecule has 8 aromatic carbocycles. The average molecular weight is 971 g/mol. The molecule has 0 spiro atoms. The molecule has 2 aromatic heterocycles. The second-order valence-electron chi connectivity index (χ2n) is 19.4. The molecule has 0 saturated heterocycles. The first-order valence-corrected chi connectivity index (χ1v) is 26.6. The number of rotatable bonds is 8. The molecule has 2 atom stereocenters. The summed E-state index contributed by atoms with van der Waals surface area (Å²) in [7, 11) is 0. The van der Waals surface area contributed by atoms with Gasteiger partial charge in [0, 0.05) is 55.5 Å². The monoisotopic (exact) mass is 970 g/mol. The lowest BCUT2D eigenvalue weighted by atomic mass is 9.84. The number of aryl methyl sites for hydroxylation is 1. The highest BCUT2D eigenvalue weighted by Gasteiger charge is 2.25. The summed E-state index contributed by atoms with van der Waals surface area (Å²) in [5.41, 5.74) is 19.5. The summed E-state index contributed by atoms with van der Waals surface area (Å²) in [6.45, 7) is 8.32. The predicted molar refractivity (Wildman–Crippen MR) is 317 cm³/mol. The molecule has 4 heteroatoms. The van der Waals surface area contributed by atoms with Crippen molar-refractivity contribution in [3.63, 3.8) is 0 Å². The molecule has 0 radical (unpaired) electrons. The number of fused-ring (bicyclic) bond motifs is 4. The summed E-state index contributed by atoms with van der Waals surface area (Å²) in [6.07, 6.45) is 17.4. The van der Waals surface area contributed by atoms with E-state index in [0.29, 0.717) is 5.82 Å². The predicted octanol–water partition coefficient (Wildman–Crippen LogP) is 17.1. The van der Waals surface area contributed by atoms with Gasteiger partial charge in [0.25, 0.3) is 0 Å². The minimum atomic E-state index is -0.0606. The number of anilines is 1. The molecule has 0 fully saturated rings. The van der Waals surface area contributed by atoms with Gasteiger partial charge in [-0.25, -0.2) is 9.97 Å². The smallest absolute Gasteiger partial charge is 0.160 e. The second kappa shape index (κ2) is 22.1. The van der Waals surface area contributed by atoms with Gasteiger partial charge in [-0.2, -0.15) is 0 Å². The lowest BCUT2D eigenvalue weighted by Crippen LogP contribution is -2.31. The average Bonchev–Trinajstić information content (AvgIpc) is 3.83. The second-order valence-corrected chi connectivity index (χ2v) is 19.4. The highest BCUT2D eigenvalue weighted by molar-refractivity contribution is 5.91. The fourth-order valence-corrected chi connectivity index (χ4v) is 10.8. The van der Waals surface area contributed by atoms with Gasteiger partial charge in [-0.15, -0.1) is 0 Å². The van der Waals surface area contributed by atoms with Gasteiger partial charge >= 0.3 is 0 Å². The number of benzene rings is 8. The Kier molecular flexibility index (Phi) is 14.3. The van der Waals surface area contributed by atoms with Crippen LogP contribution >= 0.6 is 0 Å². The topological polar surface area (TPSA) is 42.7 Å². The van der Waals surface area contributed by atoms with Crippen LogP contribution in [0.15, 0.2) is 242 Å². The zero-order chi connectivity index (χ0) is 51.1. The highest BCUT2D eigenvalue weighted by Crippen LogP contribution is 2.42. The third kappa shape index (κ3) is 10.3. The quantitative estimate of drug-likeness (QED) is 0.165. The molecule has 10 aromatic rings. The Hall–Kier alpha value is -8.86. The molecule has 366 valence electrons. The summed E-state index contributed by atoms with van der Waals surface area (Å²) >= 11 is 0. The van der Waals surface area contributed by atoms with Crippen molar-refractivity contribution in [2.45, 2.75) is 58.9 Å². The summed E-state index contributed by atoms with van der Waals surface area (Å²) in [6, 6.07) is 75.9. The van der Waals surface area contributed by atoms with E-state index in [9.17, 15) is 0 Å². The van der Waals surface area contributed by atoms with Gasteiger partial charge in [-0.05, 0) is 127 Å². The Morgan fingerprint density at radius 3 is 1.87 bits per heavy atom. The largest absolute Gasteiger partial charge is 0.374 e. The number of para-hydroxylation sites is 2. The van der Waals surface area contributed by atoms with Crippen LogP contribution in [-0.4, -0.2) is 14.5 Å². The van der Waals surface area contributed by atoms with Crippen LogP contribution in [0.2, 0.25) is 0 Å². The summed E-state index contributed by atoms with van der Waals surface area (Å²) < 4.78 is 2.41. The maximum absolute atomic E-state index is 5.22. The Bertz CT molecular complexity index is 3820. The fraction of sp³-hybridized carbons (Fsp3) is 0.127. The van der Waals surface area contributed by atoms with Crippen LogP contribution in [0.5, 0.6) is 0 Å². The number of aromatic nitrogens is 3. The van der Waals surface area contributed by atoms with Crippen molar-refractivity contribution in [3.8, 4) is 50.7 Å². The summed E-state index contributed by atoms with van der Waals surface area (Å²) in [5.74, 6) is 0.903. The van der Waals surface area contributed by atoms with E-state index in [-0.39, 0.29) is 12.0 Å². The molecule has 1 aliphatic heterocycles. The first-order chi connectivity index (χ1) is 37.0. The minimum Gasteiger partial charge on any atom is -0.374 e. The van der Waals surface area contributed by atoms with E-state index < -0.39 is 0 Å². The van der Waals surface area contributed by atoms with Gasteiger partial charge in [0.2, 0.25) is 0 Å². The Morgan fingerprint density at radius 1 is 0.507 bits per heavy atom. The summed E-state index contributed by atoms with van der Waals surface area (Å²) in [4.78, 5) is 10.4. The van der Waals surface area contributed by atoms with Crippen molar-refractivity contribution < 1.29 is 0 Å². The van der Waals surface area contributed by atoms with Crippen molar-refractivity contribution in [2.24, 2.45) is 0 Å². The van der Waals surface area contributed by atoms with Gasteiger partial charge < -0.3 is 9.88 Å². The van der Waals surface area contributed by atoms with E-state index in [1.807, 2.05) is 26.0 Å². The van der Waals surface area contributed by atoms with E-state index in [4.69, 9.17) is 9.97 Å². The van der Waals surface area contributed by atoms with Crippen molar-refractivity contribution in [1.29, 1.82) is 0 Å². The van der Waals surface area contributed by atoms with E-state index >= 15 is 0 Å². The first-order valence-electron chi connectivity index (χ1n) is 26.6. The van der Waals surface area contributed by atoms with E-state index in [2.05, 4.69) is 260 Å². The lowest BCUT2D eigenvalue weighted by molar-refractivity contribution is 0.903. The van der Waals surface area contributed by atoms with Gasteiger partial charge in [0.15, 0.2) is 5.82 Å². The van der Waals surface area contributed by atoms with Crippen molar-refractivity contribution in [3.05, 3.63) is 281 Å². The van der Waals surface area contributed by atoms with Gasteiger partial charge in [0.05, 0.1) is 22.9 Å². The van der Waals surface area contributed by atoms with Crippen molar-refractivity contribution in [1.82, 2.24) is 14.5 Å². The van der Waals surface area contributed by atoms with Crippen molar-refractivity contribution >= 4 is 34.3 Å². The van der Waals surface area contributed by atoms with Gasteiger partial charge in [-0.3, -0.25) is 0 Å². The molecular weight excluding hydrogens is 909 g/mol. The number of hydrogen-bond donors (Lipinski definition) is 1. The Balaban J connectivity index is 0.000000614. The normalized spacial score (nSPS) is 15.2. The van der Waals surface area contributed by atoms with Crippen LogP contribution in [0.1, 0.15) is 79.8 Å². The number of nitrogens with one attached hydrogen (secondary N) is 1. The molecule has 0 saturated carbocycles. The SMILES string of the molecule is CC.CC1=CCCC=C1.Cc1ccccc1-c1cccc(C2C=C(c3cccc(-c4nc(-c5ccccc5)cc(-c5ccccc5)n4)c3)c3cc(C4C=c5c(n(-c6ccccc6)c6ccccc56)=CC4)ccc3N2)c1. The zero-order valence-corrected chi connectivity index (χ0v) is 43.3. The Morgan fingerprint density at radius 2 is 1.16 bits per heavy atom. The molecule has 2 unspecified atom stereocenters. The van der Waals surface area contributed by atoms with E-state index in [0.717, 1.165) is 45.7 Å². The molecule has 75 heavy (non-hydrogen) atoms. The van der Waals surface area contributed by atoms with Crippen LogP contribution in [0.4, 0.5) is 5.69 Å². The van der Waals surface area contributed by atoms with Gasteiger partial charge in [-0.1, -0.05) is 214 Å². The van der Waals surface area contributed by atoms with E-state index in [1.165, 1.54) is 84.5 Å². The minimum absolute atomic E-state index is 0.0606. The lowest BCUT2D eigenvalue weighted by Gasteiger charge is -2.29. The Labute approximate surface area is 442 Å². The molecule has 13 rings (SSSR count). The summed E-state index contributed by atoms with van der Waals surface area (Å²) in [5, 5.41) is 7.81. The molecule has 0 bridgehead atoms. The molecular formula is C71H62N4. The number of allylic oxidation sites excluding steroid dienone is 4. The third-order valence-corrected chi connectivity index (χ3v) is 14.5. The van der Waals surface area contributed by atoms with Gasteiger partial charge in [0.1, 0.15) is 0 Å². The van der Waals surface area contributed by atoms with E-state index in [1.54, 1.807) is 0 Å². The van der Waals surface area contributed by atoms with Crippen LogP contribution in [0.25, 0.3) is 79.3 Å². The number of nitrogens with zero attached hydrogens (tertiary/aromatic N) is 3. The van der Waals surface area contributed by atoms with Crippen LogP contribution in [0.3, 0.4) is 0 Å². The fourth-order valence-electron chi connectivity index (χ4n) is 10.8. The maximum atomic E-state index is 5.22. The molecule has 2 aliphatic carbocycles. The third-order valence-electron chi connectivity index (χ3n) is 14.5. The molecule has 3 heterocycles. The zero-order valence-electron chi connectivity index (χ0n) is 43.3. The molecule has 1 N–H and O–H groups in total. The first kappa shape index (κ1) is 48.4. The van der Waals surface area contributed by atoms with Crippen molar-refractivity contribution in [2.75, 3.05) is 5.32 Å². The number of hydrogen-bond acceptors (Lipinski definition) is 3. The molecule has 3 aliphatic rings. The van der Waals surface area contributed by atoms with Crippen LogP contribution < -0.4 is 15.9 Å².